The summed E-state index contributed by atoms with van der Waals surface area (Å²) in [6, 6.07) is 16.4. The zero-order chi connectivity index (χ0) is 17.8. The number of nitrogens with zero attached hydrogens (tertiary/aromatic N) is 3. The highest BCUT2D eigenvalue weighted by Crippen LogP contribution is 2.27. The van der Waals surface area contributed by atoms with Crippen molar-refractivity contribution in [3.05, 3.63) is 70.3 Å². The maximum Gasteiger partial charge on any atom is 0.134 e. The van der Waals surface area contributed by atoms with Crippen molar-refractivity contribution in [1.29, 1.82) is 5.26 Å². The number of hydrogen-bond donors (Lipinski definition) is 0. The van der Waals surface area contributed by atoms with Crippen molar-refractivity contribution >= 4 is 28.7 Å². The third-order valence-corrected chi connectivity index (χ3v) is 4.59. The lowest BCUT2D eigenvalue weighted by Gasteiger charge is -2.11. The molecule has 0 fully saturated rings. The van der Waals surface area contributed by atoms with Gasteiger partial charge < -0.3 is 4.90 Å². The monoisotopic (exact) mass is 349 g/mol. The molecule has 1 heterocycles. The Morgan fingerprint density at radius 2 is 1.80 bits per heavy atom. The molecule has 0 N–H and O–H groups in total. The van der Waals surface area contributed by atoms with E-state index >= 15 is 0 Å². The summed E-state index contributed by atoms with van der Waals surface area (Å²) < 4.78 is 13.0. The Bertz CT molecular complexity index is 932. The Balaban J connectivity index is 1.88. The first-order valence-electron chi connectivity index (χ1n) is 7.68. The van der Waals surface area contributed by atoms with E-state index in [-0.39, 0.29) is 5.82 Å². The smallest absolute Gasteiger partial charge is 0.134 e. The molecule has 3 rings (SSSR count). The molecule has 0 radical (unpaired) electrons. The summed E-state index contributed by atoms with van der Waals surface area (Å²) in [4.78, 5) is 6.54. The van der Waals surface area contributed by atoms with Crippen LogP contribution in [0.15, 0.2) is 53.9 Å². The van der Waals surface area contributed by atoms with Crippen molar-refractivity contribution in [2.24, 2.45) is 0 Å². The molecule has 0 unspecified atom stereocenters. The number of allylic oxidation sites excluding steroid dienone is 1. The van der Waals surface area contributed by atoms with E-state index in [0.29, 0.717) is 10.6 Å². The van der Waals surface area contributed by atoms with Gasteiger partial charge in [0.25, 0.3) is 0 Å². The molecule has 0 amide bonds. The largest absolute Gasteiger partial charge is 0.378 e. The maximum atomic E-state index is 13.0. The third kappa shape index (κ3) is 3.93. The van der Waals surface area contributed by atoms with E-state index in [0.717, 1.165) is 22.5 Å². The Morgan fingerprint density at radius 3 is 2.40 bits per heavy atom. The zero-order valence-corrected chi connectivity index (χ0v) is 14.7. The summed E-state index contributed by atoms with van der Waals surface area (Å²) in [6.45, 7) is 0. The number of halogens is 1. The second kappa shape index (κ2) is 7.29. The van der Waals surface area contributed by atoms with Gasteiger partial charge >= 0.3 is 0 Å². The van der Waals surface area contributed by atoms with Gasteiger partial charge in [0.15, 0.2) is 0 Å². The summed E-state index contributed by atoms with van der Waals surface area (Å²) >= 11 is 1.40. The van der Waals surface area contributed by atoms with Crippen molar-refractivity contribution in [2.75, 3.05) is 19.0 Å². The highest BCUT2D eigenvalue weighted by Gasteiger charge is 2.09. The van der Waals surface area contributed by atoms with Crippen LogP contribution < -0.4 is 4.90 Å². The predicted octanol–water partition coefficient (Wildman–Crippen LogP) is 5.08. The number of anilines is 1. The number of nitriles is 1. The van der Waals surface area contributed by atoms with Crippen LogP contribution in [0.3, 0.4) is 0 Å². The van der Waals surface area contributed by atoms with Gasteiger partial charge in [-0.3, -0.25) is 0 Å². The van der Waals surface area contributed by atoms with Crippen LogP contribution in [0.5, 0.6) is 0 Å². The minimum atomic E-state index is -0.280. The van der Waals surface area contributed by atoms with Gasteiger partial charge in [0.2, 0.25) is 0 Å². The number of aromatic nitrogens is 1. The fraction of sp³-hybridized carbons (Fsp3) is 0.100. The zero-order valence-electron chi connectivity index (χ0n) is 13.9. The summed E-state index contributed by atoms with van der Waals surface area (Å²) in [5, 5.41) is 12.0. The molecule has 5 heteroatoms. The molecule has 0 saturated carbocycles. The molecular weight excluding hydrogens is 333 g/mol. The van der Waals surface area contributed by atoms with Crippen molar-refractivity contribution in [2.45, 2.75) is 0 Å². The average molecular weight is 349 g/mol. The van der Waals surface area contributed by atoms with E-state index in [1.165, 1.54) is 23.5 Å². The minimum absolute atomic E-state index is 0.280. The molecular formula is C20H16FN3S. The molecule has 3 aromatic rings. The van der Waals surface area contributed by atoms with Crippen LogP contribution in [-0.4, -0.2) is 19.1 Å². The number of thiazole rings is 1. The van der Waals surface area contributed by atoms with Crippen molar-refractivity contribution in [3.8, 4) is 17.3 Å². The van der Waals surface area contributed by atoms with Gasteiger partial charge in [0, 0.05) is 30.7 Å². The lowest BCUT2D eigenvalue weighted by molar-refractivity contribution is 0.628. The molecule has 124 valence electrons. The Morgan fingerprint density at radius 1 is 1.12 bits per heavy atom. The SMILES string of the molecule is CN(C)c1ccc(/C=C(\C#N)c2nc(-c3ccc(F)cc3)cs2)cc1. The molecule has 0 atom stereocenters. The quantitative estimate of drug-likeness (QED) is 0.617. The fourth-order valence-corrected chi connectivity index (χ4v) is 3.12. The highest BCUT2D eigenvalue weighted by molar-refractivity contribution is 7.11. The van der Waals surface area contributed by atoms with Gasteiger partial charge in [-0.2, -0.15) is 5.26 Å². The van der Waals surface area contributed by atoms with Crippen molar-refractivity contribution in [3.63, 3.8) is 0 Å². The van der Waals surface area contributed by atoms with Gasteiger partial charge in [-0.15, -0.1) is 11.3 Å². The molecule has 0 aliphatic carbocycles. The van der Waals surface area contributed by atoms with E-state index < -0.39 is 0 Å². The number of benzene rings is 2. The first-order valence-corrected chi connectivity index (χ1v) is 8.56. The summed E-state index contributed by atoms with van der Waals surface area (Å²) in [7, 11) is 3.97. The highest BCUT2D eigenvalue weighted by atomic mass is 32.1. The first-order chi connectivity index (χ1) is 12.1. The number of hydrogen-bond acceptors (Lipinski definition) is 4. The van der Waals surface area contributed by atoms with Crippen LogP contribution in [0, 0.1) is 17.1 Å². The van der Waals surface area contributed by atoms with Crippen molar-refractivity contribution in [1.82, 2.24) is 4.98 Å². The number of rotatable bonds is 4. The predicted molar refractivity (Wildman–Crippen MR) is 102 cm³/mol. The Kier molecular flexibility index (Phi) is 4.92. The summed E-state index contributed by atoms with van der Waals surface area (Å²) in [6.07, 6.45) is 1.83. The lowest BCUT2D eigenvalue weighted by Crippen LogP contribution is -2.07. The van der Waals surface area contributed by atoms with Gasteiger partial charge in [-0.1, -0.05) is 12.1 Å². The fourth-order valence-electron chi connectivity index (χ4n) is 2.33. The molecule has 2 aromatic carbocycles. The van der Waals surface area contributed by atoms with Crippen molar-refractivity contribution < 1.29 is 4.39 Å². The van der Waals surface area contributed by atoms with Crippen LogP contribution in [0.2, 0.25) is 0 Å². The van der Waals surface area contributed by atoms with Crippen LogP contribution in [-0.2, 0) is 0 Å². The van der Waals surface area contributed by atoms with Gasteiger partial charge in [-0.25, -0.2) is 9.37 Å². The average Bonchev–Trinajstić information content (AvgIpc) is 3.10. The van der Waals surface area contributed by atoms with E-state index in [2.05, 4.69) is 11.1 Å². The topological polar surface area (TPSA) is 39.9 Å². The summed E-state index contributed by atoms with van der Waals surface area (Å²) in [5.41, 5.74) is 4.13. The van der Waals surface area contributed by atoms with Crippen LogP contribution >= 0.6 is 11.3 Å². The second-order valence-corrected chi connectivity index (χ2v) is 6.56. The molecule has 0 bridgehead atoms. The third-order valence-electron chi connectivity index (χ3n) is 3.72. The molecule has 0 saturated heterocycles. The molecule has 25 heavy (non-hydrogen) atoms. The molecule has 0 spiro atoms. The van der Waals surface area contributed by atoms with E-state index in [1.807, 2.05) is 54.7 Å². The normalized spacial score (nSPS) is 11.2. The maximum absolute atomic E-state index is 13.0. The van der Waals surface area contributed by atoms with Crippen LogP contribution in [0.1, 0.15) is 10.6 Å². The van der Waals surface area contributed by atoms with Crippen LogP contribution in [0.4, 0.5) is 10.1 Å². The standard InChI is InChI=1S/C20H16FN3S/c1-24(2)18-9-3-14(4-10-18)11-16(12-22)20-23-19(13-25-20)15-5-7-17(21)8-6-15/h3-11,13H,1-2H3/b16-11+. The van der Waals surface area contributed by atoms with E-state index in [9.17, 15) is 9.65 Å². The summed E-state index contributed by atoms with van der Waals surface area (Å²) in [5.74, 6) is -0.280. The van der Waals surface area contributed by atoms with Gasteiger partial charge in [0.1, 0.15) is 16.9 Å². The molecule has 0 aliphatic rings. The van der Waals surface area contributed by atoms with Gasteiger partial charge in [0.05, 0.1) is 11.3 Å². The lowest BCUT2D eigenvalue weighted by atomic mass is 10.1. The van der Waals surface area contributed by atoms with E-state index in [4.69, 9.17) is 0 Å². The molecule has 0 aliphatic heterocycles. The van der Waals surface area contributed by atoms with E-state index in [1.54, 1.807) is 12.1 Å². The second-order valence-electron chi connectivity index (χ2n) is 5.70. The molecule has 1 aromatic heterocycles. The van der Waals surface area contributed by atoms with Gasteiger partial charge in [-0.05, 0) is 48.0 Å². The Hall–Kier alpha value is -2.97. The Labute approximate surface area is 150 Å². The molecule has 3 nitrogen and oxygen atoms in total. The first kappa shape index (κ1) is 16.9. The van der Waals surface area contributed by atoms with Crippen LogP contribution in [0.25, 0.3) is 22.9 Å². The minimum Gasteiger partial charge on any atom is -0.378 e.